The van der Waals surface area contributed by atoms with Gasteiger partial charge in [-0.3, -0.25) is 0 Å². The lowest BCUT2D eigenvalue weighted by Gasteiger charge is -2.19. The summed E-state index contributed by atoms with van der Waals surface area (Å²) in [4.78, 5) is 8.37. The van der Waals surface area contributed by atoms with Crippen molar-refractivity contribution in [2.45, 2.75) is 0 Å². The average molecular weight is 284 g/mol. The van der Waals surface area contributed by atoms with Gasteiger partial charge in [0.25, 0.3) is 0 Å². The van der Waals surface area contributed by atoms with Gasteiger partial charge in [-0.2, -0.15) is 0 Å². The lowest BCUT2D eigenvalue weighted by molar-refractivity contribution is 0.171. The molecule has 3 heterocycles. The molecular weight excluding hydrogens is 272 g/mol. The smallest absolute Gasteiger partial charge is 0.183 e. The predicted molar refractivity (Wildman–Crippen MR) is 74.8 cm³/mol. The molecule has 0 atom stereocenters. The van der Waals surface area contributed by atoms with Crippen molar-refractivity contribution in [2.24, 2.45) is 7.05 Å². The van der Waals surface area contributed by atoms with Crippen LogP contribution in [-0.2, 0) is 7.05 Å². The minimum absolute atomic E-state index is 0.554. The molecule has 0 fully saturated rings. The fourth-order valence-electron chi connectivity index (χ4n) is 2.20. The fourth-order valence-corrected chi connectivity index (χ4v) is 2.20. The van der Waals surface area contributed by atoms with Crippen LogP contribution in [-0.4, -0.2) is 38.2 Å². The highest BCUT2D eigenvalue weighted by Crippen LogP contribution is 2.33. The van der Waals surface area contributed by atoms with Gasteiger partial charge in [-0.1, -0.05) is 5.21 Å². The molecule has 8 nitrogen and oxygen atoms in total. The monoisotopic (exact) mass is 284 g/mol. The zero-order chi connectivity index (χ0) is 14.2. The number of hydrogen-bond acceptors (Lipinski definition) is 7. The maximum atomic E-state index is 5.56. The van der Waals surface area contributed by atoms with E-state index in [1.807, 2.05) is 18.2 Å². The average Bonchev–Trinajstić information content (AvgIpc) is 2.90. The van der Waals surface area contributed by atoms with E-state index in [1.54, 1.807) is 11.7 Å². The summed E-state index contributed by atoms with van der Waals surface area (Å²) < 4.78 is 12.7. The molecule has 0 unspecified atom stereocenters. The molecule has 21 heavy (non-hydrogen) atoms. The Morgan fingerprint density at radius 1 is 1.14 bits per heavy atom. The summed E-state index contributed by atoms with van der Waals surface area (Å²) >= 11 is 0. The predicted octanol–water partition coefficient (Wildman–Crippen LogP) is 1.27. The summed E-state index contributed by atoms with van der Waals surface area (Å²) in [6.07, 6.45) is 1.48. The van der Waals surface area contributed by atoms with Crippen molar-refractivity contribution >= 4 is 22.7 Å². The van der Waals surface area contributed by atoms with E-state index < -0.39 is 0 Å². The van der Waals surface area contributed by atoms with Crippen LogP contribution in [0.25, 0.3) is 11.2 Å². The van der Waals surface area contributed by atoms with Crippen molar-refractivity contribution in [1.29, 1.82) is 0 Å². The van der Waals surface area contributed by atoms with Crippen molar-refractivity contribution in [2.75, 3.05) is 18.5 Å². The number of benzene rings is 1. The molecule has 0 saturated carbocycles. The van der Waals surface area contributed by atoms with Crippen LogP contribution in [0.2, 0.25) is 0 Å². The highest BCUT2D eigenvalue weighted by atomic mass is 16.6. The van der Waals surface area contributed by atoms with Gasteiger partial charge in [-0.15, -0.1) is 5.10 Å². The van der Waals surface area contributed by atoms with Crippen molar-refractivity contribution < 1.29 is 9.47 Å². The van der Waals surface area contributed by atoms with E-state index in [-0.39, 0.29) is 0 Å². The molecule has 3 aromatic rings. The Labute approximate surface area is 119 Å². The first-order valence-electron chi connectivity index (χ1n) is 6.48. The minimum Gasteiger partial charge on any atom is -0.486 e. The van der Waals surface area contributed by atoms with Gasteiger partial charge in [0, 0.05) is 18.8 Å². The van der Waals surface area contributed by atoms with Gasteiger partial charge >= 0.3 is 0 Å². The molecule has 8 heteroatoms. The Morgan fingerprint density at radius 3 is 2.90 bits per heavy atom. The van der Waals surface area contributed by atoms with Crippen molar-refractivity contribution in [3.63, 3.8) is 0 Å². The molecule has 106 valence electrons. The molecule has 0 radical (unpaired) electrons. The molecular formula is C13H12N6O2. The van der Waals surface area contributed by atoms with Gasteiger partial charge in [-0.05, 0) is 12.1 Å². The number of aromatic nitrogens is 5. The molecule has 1 aliphatic rings. The van der Waals surface area contributed by atoms with Crippen LogP contribution in [0, 0.1) is 0 Å². The molecule has 0 saturated heterocycles. The Bertz CT molecular complexity index is 816. The largest absolute Gasteiger partial charge is 0.486 e. The molecule has 2 aromatic heterocycles. The Kier molecular flexibility index (Phi) is 2.59. The van der Waals surface area contributed by atoms with E-state index in [2.05, 4.69) is 25.6 Å². The van der Waals surface area contributed by atoms with Gasteiger partial charge in [0.1, 0.15) is 19.5 Å². The molecule has 1 N–H and O–H groups in total. The lowest BCUT2D eigenvalue weighted by atomic mass is 10.2. The van der Waals surface area contributed by atoms with Crippen LogP contribution in [0.3, 0.4) is 0 Å². The molecule has 4 rings (SSSR count). The standard InChI is InChI=1S/C13H12N6O2/c1-19-13-11(17-18-19)12(14-7-15-13)16-8-2-3-9-10(6-8)21-5-4-20-9/h2-3,6-7H,4-5H2,1H3,(H,14,15,16). The number of fused-ring (bicyclic) bond motifs is 2. The third-order valence-corrected chi connectivity index (χ3v) is 3.19. The summed E-state index contributed by atoms with van der Waals surface area (Å²) in [5.74, 6) is 2.07. The van der Waals surface area contributed by atoms with Crippen LogP contribution in [0.4, 0.5) is 11.5 Å². The van der Waals surface area contributed by atoms with E-state index in [4.69, 9.17) is 9.47 Å². The normalized spacial score (nSPS) is 13.4. The summed E-state index contributed by atoms with van der Waals surface area (Å²) in [6.45, 7) is 1.13. The minimum atomic E-state index is 0.554. The highest BCUT2D eigenvalue weighted by molar-refractivity contribution is 5.84. The molecule has 1 aromatic carbocycles. The number of aryl methyl sites for hydroxylation is 1. The number of nitrogens with one attached hydrogen (secondary N) is 1. The Hall–Kier alpha value is -2.90. The summed E-state index contributed by atoms with van der Waals surface area (Å²) in [6, 6.07) is 5.64. The topological polar surface area (TPSA) is 87.0 Å². The third-order valence-electron chi connectivity index (χ3n) is 3.19. The van der Waals surface area contributed by atoms with E-state index in [0.717, 1.165) is 17.2 Å². The van der Waals surface area contributed by atoms with Gasteiger partial charge in [0.2, 0.25) is 0 Å². The fraction of sp³-hybridized carbons (Fsp3) is 0.231. The third kappa shape index (κ3) is 2.00. The maximum Gasteiger partial charge on any atom is 0.183 e. The number of hydrogen-bond donors (Lipinski definition) is 1. The molecule has 0 amide bonds. The van der Waals surface area contributed by atoms with Crippen LogP contribution >= 0.6 is 0 Å². The second-order valence-electron chi connectivity index (χ2n) is 4.59. The van der Waals surface area contributed by atoms with E-state index in [0.29, 0.717) is 30.2 Å². The maximum absolute atomic E-state index is 5.56. The molecule has 0 aliphatic carbocycles. The Balaban J connectivity index is 1.71. The first kappa shape index (κ1) is 11.9. The quantitative estimate of drug-likeness (QED) is 0.758. The summed E-state index contributed by atoms with van der Waals surface area (Å²) in [7, 11) is 1.79. The Morgan fingerprint density at radius 2 is 2.00 bits per heavy atom. The second kappa shape index (κ2) is 4.58. The SMILES string of the molecule is Cn1nnc2c(Nc3ccc4c(c3)OCCO4)ncnc21. The molecule has 1 aliphatic heterocycles. The van der Waals surface area contributed by atoms with Crippen LogP contribution in [0.15, 0.2) is 24.5 Å². The van der Waals surface area contributed by atoms with Gasteiger partial charge < -0.3 is 14.8 Å². The summed E-state index contributed by atoms with van der Waals surface area (Å²) in [5.41, 5.74) is 2.13. The zero-order valence-corrected chi connectivity index (χ0v) is 11.3. The van der Waals surface area contributed by atoms with Crippen molar-refractivity contribution in [3.05, 3.63) is 24.5 Å². The van der Waals surface area contributed by atoms with Gasteiger partial charge in [0.15, 0.2) is 28.5 Å². The first-order valence-corrected chi connectivity index (χ1v) is 6.48. The van der Waals surface area contributed by atoms with Crippen LogP contribution in [0.1, 0.15) is 0 Å². The second-order valence-corrected chi connectivity index (χ2v) is 4.59. The van der Waals surface area contributed by atoms with E-state index >= 15 is 0 Å². The van der Waals surface area contributed by atoms with Crippen LogP contribution in [0.5, 0.6) is 11.5 Å². The van der Waals surface area contributed by atoms with Gasteiger partial charge in [-0.25, -0.2) is 14.6 Å². The zero-order valence-electron chi connectivity index (χ0n) is 11.3. The highest BCUT2D eigenvalue weighted by Gasteiger charge is 2.14. The number of nitrogens with zero attached hydrogens (tertiary/aromatic N) is 5. The van der Waals surface area contributed by atoms with E-state index in [1.165, 1.54) is 6.33 Å². The molecule has 0 bridgehead atoms. The number of ether oxygens (including phenoxy) is 2. The summed E-state index contributed by atoms with van der Waals surface area (Å²) in [5, 5.41) is 11.2. The van der Waals surface area contributed by atoms with Crippen LogP contribution < -0.4 is 14.8 Å². The van der Waals surface area contributed by atoms with Crippen molar-refractivity contribution in [1.82, 2.24) is 25.0 Å². The van der Waals surface area contributed by atoms with Gasteiger partial charge in [0.05, 0.1) is 0 Å². The van der Waals surface area contributed by atoms with E-state index in [9.17, 15) is 0 Å². The van der Waals surface area contributed by atoms with Crippen molar-refractivity contribution in [3.8, 4) is 11.5 Å². The lowest BCUT2D eigenvalue weighted by Crippen LogP contribution is -2.15. The molecule has 0 spiro atoms. The first-order chi connectivity index (χ1) is 10.3. The number of anilines is 2. The number of rotatable bonds is 2.